The van der Waals surface area contributed by atoms with Crippen molar-refractivity contribution < 1.29 is 9.53 Å². The van der Waals surface area contributed by atoms with Gasteiger partial charge in [0, 0.05) is 23.7 Å². The fraction of sp³-hybridized carbons (Fsp3) is 0.500. The summed E-state index contributed by atoms with van der Waals surface area (Å²) in [5.74, 6) is 0. The summed E-state index contributed by atoms with van der Waals surface area (Å²) in [4.78, 5) is 15.2. The van der Waals surface area contributed by atoms with Crippen LogP contribution in [-0.4, -0.2) is 42.5 Å². The van der Waals surface area contributed by atoms with Crippen molar-refractivity contribution in [2.24, 2.45) is 0 Å². The summed E-state index contributed by atoms with van der Waals surface area (Å²) in [5.41, 5.74) is 0.828. The Hall–Kier alpha value is -1.20. The van der Waals surface area contributed by atoms with E-state index in [9.17, 15) is 4.79 Å². The molecule has 0 unspecified atom stereocenters. The van der Waals surface area contributed by atoms with Gasteiger partial charge in [0.2, 0.25) is 0 Å². The van der Waals surface area contributed by atoms with E-state index in [1.165, 1.54) is 4.90 Å². The van der Waals surface area contributed by atoms with Crippen LogP contribution in [0.25, 0.3) is 0 Å². The Bertz CT molecular complexity index is 426. The summed E-state index contributed by atoms with van der Waals surface area (Å²) in [7, 11) is 0. The maximum absolute atomic E-state index is 12.2. The summed E-state index contributed by atoms with van der Waals surface area (Å²) in [5, 5.41) is 2.93. The van der Waals surface area contributed by atoms with Crippen molar-refractivity contribution in [2.45, 2.75) is 31.0 Å². The van der Waals surface area contributed by atoms with Crippen LogP contribution in [-0.2, 0) is 4.74 Å². The van der Waals surface area contributed by atoms with Gasteiger partial charge in [-0.3, -0.25) is 0 Å². The minimum atomic E-state index is -0.0566. The molecule has 0 saturated carbocycles. The number of nitrogens with zero attached hydrogens (tertiary/aromatic N) is 1. The quantitative estimate of drug-likeness (QED) is 0.847. The first-order chi connectivity index (χ1) is 9.08. The molecule has 0 radical (unpaired) electrons. The molecule has 2 rings (SSSR count). The molecule has 1 aromatic rings. The predicted molar refractivity (Wildman–Crippen MR) is 78.8 cm³/mol. The van der Waals surface area contributed by atoms with Crippen molar-refractivity contribution >= 4 is 23.5 Å². The van der Waals surface area contributed by atoms with Gasteiger partial charge in [-0.05, 0) is 44.4 Å². The van der Waals surface area contributed by atoms with E-state index in [1.54, 1.807) is 16.7 Å². The van der Waals surface area contributed by atoms with Crippen LogP contribution < -0.4 is 5.32 Å². The normalized spacial score (nSPS) is 23.2. The van der Waals surface area contributed by atoms with Crippen LogP contribution in [0.3, 0.4) is 0 Å². The number of ether oxygens (including phenoxy) is 1. The van der Waals surface area contributed by atoms with Gasteiger partial charge in [-0.2, -0.15) is 0 Å². The second-order valence-corrected chi connectivity index (χ2v) is 5.70. The Labute approximate surface area is 118 Å². The number of carbonyl (C=O) groups is 1. The zero-order valence-corrected chi connectivity index (χ0v) is 12.4. The molecule has 0 spiro atoms. The number of nitrogens with one attached hydrogen (secondary N) is 1. The minimum Gasteiger partial charge on any atom is -0.372 e. The van der Waals surface area contributed by atoms with Gasteiger partial charge in [0.15, 0.2) is 0 Å². The maximum atomic E-state index is 12.2. The van der Waals surface area contributed by atoms with E-state index in [-0.39, 0.29) is 18.2 Å². The lowest BCUT2D eigenvalue weighted by atomic mass is 10.2. The maximum Gasteiger partial charge on any atom is 0.322 e. The molecule has 5 heteroatoms. The van der Waals surface area contributed by atoms with Gasteiger partial charge in [-0.1, -0.05) is 0 Å². The zero-order valence-electron chi connectivity index (χ0n) is 11.6. The molecule has 0 bridgehead atoms. The third-order valence-corrected chi connectivity index (χ3v) is 3.79. The second kappa shape index (κ2) is 6.30. The number of hydrogen-bond donors (Lipinski definition) is 1. The third-order valence-electron chi connectivity index (χ3n) is 3.05. The summed E-state index contributed by atoms with van der Waals surface area (Å²) in [6.07, 6.45) is 2.21. The number of anilines is 1. The molecule has 2 amide bonds. The fourth-order valence-corrected chi connectivity index (χ4v) is 2.63. The first kappa shape index (κ1) is 14.2. The second-order valence-electron chi connectivity index (χ2n) is 4.82. The van der Waals surface area contributed by atoms with Crippen LogP contribution in [0.15, 0.2) is 29.2 Å². The Kier molecular flexibility index (Phi) is 4.71. The highest BCUT2D eigenvalue weighted by atomic mass is 32.2. The number of amides is 2. The average molecular weight is 280 g/mol. The van der Waals surface area contributed by atoms with E-state index < -0.39 is 0 Å². The van der Waals surface area contributed by atoms with Crippen molar-refractivity contribution in [3.8, 4) is 0 Å². The lowest BCUT2D eigenvalue weighted by Crippen LogP contribution is -2.49. The van der Waals surface area contributed by atoms with E-state index in [0.717, 1.165) is 5.69 Å². The van der Waals surface area contributed by atoms with E-state index in [4.69, 9.17) is 4.74 Å². The van der Waals surface area contributed by atoms with Crippen LogP contribution >= 0.6 is 11.8 Å². The first-order valence-corrected chi connectivity index (χ1v) is 7.66. The molecule has 0 aromatic heterocycles. The number of thioether (sulfide) groups is 1. The highest BCUT2D eigenvalue weighted by Crippen LogP contribution is 2.18. The summed E-state index contributed by atoms with van der Waals surface area (Å²) < 4.78 is 5.62. The minimum absolute atomic E-state index is 0.0566. The van der Waals surface area contributed by atoms with Crippen LogP contribution in [0.2, 0.25) is 0 Å². The highest BCUT2D eigenvalue weighted by molar-refractivity contribution is 7.98. The molecule has 1 aliphatic heterocycles. The molecule has 104 valence electrons. The third kappa shape index (κ3) is 3.88. The van der Waals surface area contributed by atoms with Gasteiger partial charge in [0.05, 0.1) is 12.2 Å². The summed E-state index contributed by atoms with van der Waals surface area (Å²) in [6, 6.07) is 7.81. The summed E-state index contributed by atoms with van der Waals surface area (Å²) in [6.45, 7) is 5.25. The topological polar surface area (TPSA) is 41.6 Å². The first-order valence-electron chi connectivity index (χ1n) is 6.44. The van der Waals surface area contributed by atoms with Crippen LogP contribution in [0.5, 0.6) is 0 Å². The van der Waals surface area contributed by atoms with Gasteiger partial charge >= 0.3 is 6.03 Å². The number of urea groups is 1. The molecule has 2 atom stereocenters. The Morgan fingerprint density at radius 2 is 1.84 bits per heavy atom. The Balaban J connectivity index is 1.96. The van der Waals surface area contributed by atoms with E-state index in [2.05, 4.69) is 5.32 Å². The molecule has 1 aromatic carbocycles. The predicted octanol–water partition coefficient (Wildman–Crippen LogP) is 3.05. The van der Waals surface area contributed by atoms with Crippen LogP contribution in [0, 0.1) is 0 Å². The average Bonchev–Trinajstić information content (AvgIpc) is 2.38. The number of rotatable bonds is 2. The molecule has 4 nitrogen and oxygen atoms in total. The van der Waals surface area contributed by atoms with Gasteiger partial charge in [-0.15, -0.1) is 11.8 Å². The zero-order chi connectivity index (χ0) is 13.8. The number of morpholine rings is 1. The largest absolute Gasteiger partial charge is 0.372 e. The SMILES string of the molecule is CSc1ccc(NC(=O)N2C[C@H](C)O[C@@H](C)C2)cc1. The lowest BCUT2D eigenvalue weighted by molar-refractivity contribution is -0.0530. The molecule has 1 N–H and O–H groups in total. The van der Waals surface area contributed by atoms with Crippen molar-refractivity contribution in [1.82, 2.24) is 4.90 Å². The number of carbonyl (C=O) groups excluding carboxylic acids is 1. The van der Waals surface area contributed by atoms with Crippen LogP contribution in [0.1, 0.15) is 13.8 Å². The number of hydrogen-bond acceptors (Lipinski definition) is 3. The molecule has 1 fully saturated rings. The molecular formula is C14H20N2O2S. The van der Waals surface area contributed by atoms with Gasteiger partial charge in [0.1, 0.15) is 0 Å². The summed E-state index contributed by atoms with van der Waals surface area (Å²) >= 11 is 1.69. The molecule has 1 aliphatic rings. The van der Waals surface area contributed by atoms with Crippen LogP contribution in [0.4, 0.5) is 10.5 Å². The van der Waals surface area contributed by atoms with Crippen molar-refractivity contribution in [3.05, 3.63) is 24.3 Å². The fourth-order valence-electron chi connectivity index (χ4n) is 2.22. The molecule has 1 heterocycles. The van der Waals surface area contributed by atoms with E-state index >= 15 is 0 Å². The molecule has 0 aliphatic carbocycles. The van der Waals surface area contributed by atoms with Gasteiger partial charge < -0.3 is 15.0 Å². The standard InChI is InChI=1S/C14H20N2O2S/c1-10-8-16(9-11(2)18-10)14(17)15-12-4-6-13(19-3)7-5-12/h4-7,10-11H,8-9H2,1-3H3,(H,15,17)/t10-,11-/m0/s1. The van der Waals surface area contributed by atoms with E-state index in [0.29, 0.717) is 13.1 Å². The van der Waals surface area contributed by atoms with Crippen molar-refractivity contribution in [3.63, 3.8) is 0 Å². The smallest absolute Gasteiger partial charge is 0.322 e. The van der Waals surface area contributed by atoms with Crippen molar-refractivity contribution in [2.75, 3.05) is 24.7 Å². The molecule has 1 saturated heterocycles. The molecular weight excluding hydrogens is 260 g/mol. The van der Waals surface area contributed by atoms with Gasteiger partial charge in [-0.25, -0.2) is 4.79 Å². The monoisotopic (exact) mass is 280 g/mol. The Morgan fingerprint density at radius 1 is 1.26 bits per heavy atom. The lowest BCUT2D eigenvalue weighted by Gasteiger charge is -2.35. The Morgan fingerprint density at radius 3 is 2.37 bits per heavy atom. The highest BCUT2D eigenvalue weighted by Gasteiger charge is 2.25. The van der Waals surface area contributed by atoms with Crippen molar-refractivity contribution in [1.29, 1.82) is 0 Å². The van der Waals surface area contributed by atoms with E-state index in [1.807, 2.05) is 44.4 Å². The molecule has 19 heavy (non-hydrogen) atoms. The number of benzene rings is 1. The van der Waals surface area contributed by atoms with Gasteiger partial charge in [0.25, 0.3) is 0 Å².